The van der Waals surface area contributed by atoms with Gasteiger partial charge in [0.25, 0.3) is 0 Å². The molecule has 0 aromatic rings. The van der Waals surface area contributed by atoms with Crippen LogP contribution in [0.5, 0.6) is 0 Å². The highest BCUT2D eigenvalue weighted by atomic mass is 16.2. The molecule has 4 nitrogen and oxygen atoms in total. The van der Waals surface area contributed by atoms with Crippen molar-refractivity contribution in [3.63, 3.8) is 0 Å². The molecule has 3 N–H and O–H groups in total. The third kappa shape index (κ3) is 13.4. The van der Waals surface area contributed by atoms with Crippen LogP contribution in [-0.2, 0) is 9.59 Å². The molecule has 2 amide bonds. The van der Waals surface area contributed by atoms with E-state index in [2.05, 4.69) is 12.2 Å². The van der Waals surface area contributed by atoms with Crippen LogP contribution in [0, 0.1) is 0 Å². The molecule has 0 saturated carbocycles. The number of nitrogens with two attached hydrogens (primary N) is 1. The predicted octanol–water partition coefficient (Wildman–Crippen LogP) is 3.29. The van der Waals surface area contributed by atoms with Crippen LogP contribution in [0.2, 0.25) is 0 Å². The van der Waals surface area contributed by atoms with Crippen molar-refractivity contribution in [1.29, 1.82) is 0 Å². The Balaban J connectivity index is 3.06. The van der Waals surface area contributed by atoms with E-state index in [9.17, 15) is 9.59 Å². The van der Waals surface area contributed by atoms with Crippen molar-refractivity contribution in [3.8, 4) is 0 Å². The van der Waals surface area contributed by atoms with Crippen molar-refractivity contribution in [2.75, 3.05) is 6.54 Å². The Kier molecular flexibility index (Phi) is 13.6. The van der Waals surface area contributed by atoms with Crippen molar-refractivity contribution in [2.45, 2.75) is 84.0 Å². The molecule has 0 atom stereocenters. The van der Waals surface area contributed by atoms with Gasteiger partial charge in [-0.3, -0.25) is 9.59 Å². The Labute approximate surface area is 123 Å². The van der Waals surface area contributed by atoms with E-state index in [4.69, 9.17) is 5.73 Å². The highest BCUT2D eigenvalue weighted by Gasteiger charge is 2.05. The number of primary amides is 1. The minimum atomic E-state index is -0.899. The van der Waals surface area contributed by atoms with Crippen molar-refractivity contribution >= 4 is 11.8 Å². The number of rotatable bonds is 13. The topological polar surface area (TPSA) is 72.2 Å². The Hall–Kier alpha value is -1.06. The SMILES string of the molecule is CCCCCCCCCCCCCCNC(=O)C(N)=O. The lowest BCUT2D eigenvalue weighted by atomic mass is 10.1. The van der Waals surface area contributed by atoms with Gasteiger partial charge in [0.1, 0.15) is 0 Å². The van der Waals surface area contributed by atoms with Gasteiger partial charge in [0.05, 0.1) is 0 Å². The maximum absolute atomic E-state index is 10.9. The van der Waals surface area contributed by atoms with Crippen molar-refractivity contribution in [2.24, 2.45) is 5.73 Å². The van der Waals surface area contributed by atoms with Crippen LogP contribution < -0.4 is 11.1 Å². The summed E-state index contributed by atoms with van der Waals surface area (Å²) in [5.74, 6) is -1.57. The summed E-state index contributed by atoms with van der Waals surface area (Å²) >= 11 is 0. The standard InChI is InChI=1S/C16H32N2O2/c1-2-3-4-5-6-7-8-9-10-11-12-13-14-18-16(20)15(17)19/h2-14H2,1H3,(H2,17,19)(H,18,20). The molecule has 0 unspecified atom stereocenters. The molecule has 0 aliphatic heterocycles. The molecule has 0 fully saturated rings. The normalized spacial score (nSPS) is 10.4. The summed E-state index contributed by atoms with van der Waals surface area (Å²) in [5, 5.41) is 2.50. The van der Waals surface area contributed by atoms with Gasteiger partial charge in [-0.05, 0) is 6.42 Å². The third-order valence-electron chi connectivity index (χ3n) is 3.54. The molecule has 0 saturated heterocycles. The van der Waals surface area contributed by atoms with Gasteiger partial charge in [0.2, 0.25) is 0 Å². The number of amides is 2. The molecule has 0 aromatic heterocycles. The van der Waals surface area contributed by atoms with Crippen molar-refractivity contribution in [1.82, 2.24) is 5.32 Å². The van der Waals surface area contributed by atoms with E-state index in [1.165, 1.54) is 64.2 Å². The highest BCUT2D eigenvalue weighted by Crippen LogP contribution is 2.11. The molecule has 0 rings (SSSR count). The Morgan fingerprint density at radius 2 is 1.15 bits per heavy atom. The van der Waals surface area contributed by atoms with Gasteiger partial charge in [-0.1, -0.05) is 77.6 Å². The van der Waals surface area contributed by atoms with E-state index in [0.29, 0.717) is 6.54 Å². The maximum Gasteiger partial charge on any atom is 0.309 e. The monoisotopic (exact) mass is 284 g/mol. The molecule has 0 aliphatic rings. The predicted molar refractivity (Wildman–Crippen MR) is 83.3 cm³/mol. The fourth-order valence-corrected chi connectivity index (χ4v) is 2.26. The molecule has 0 bridgehead atoms. The largest absolute Gasteiger partial charge is 0.361 e. The first-order chi connectivity index (χ1) is 9.68. The minimum absolute atomic E-state index is 0.555. The number of unbranched alkanes of at least 4 members (excludes halogenated alkanes) is 11. The summed E-state index contributed by atoms with van der Waals surface area (Å²) in [6, 6.07) is 0. The first-order valence-corrected chi connectivity index (χ1v) is 8.26. The van der Waals surface area contributed by atoms with E-state index in [0.717, 1.165) is 12.8 Å². The Morgan fingerprint density at radius 1 is 0.750 bits per heavy atom. The van der Waals surface area contributed by atoms with Gasteiger partial charge in [0, 0.05) is 6.54 Å². The smallest absolute Gasteiger partial charge is 0.309 e. The second-order valence-corrected chi connectivity index (χ2v) is 5.51. The minimum Gasteiger partial charge on any atom is -0.361 e. The molecular formula is C16H32N2O2. The van der Waals surface area contributed by atoms with E-state index in [-0.39, 0.29) is 0 Å². The van der Waals surface area contributed by atoms with Gasteiger partial charge in [-0.2, -0.15) is 0 Å². The summed E-state index contributed by atoms with van der Waals surface area (Å²) in [7, 11) is 0. The molecule has 118 valence electrons. The molecule has 0 heterocycles. The maximum atomic E-state index is 10.9. The average molecular weight is 284 g/mol. The molecule has 0 radical (unpaired) electrons. The number of carbonyl (C=O) groups is 2. The van der Waals surface area contributed by atoms with E-state index in [1.54, 1.807) is 0 Å². The van der Waals surface area contributed by atoms with Gasteiger partial charge in [0.15, 0.2) is 0 Å². The summed E-state index contributed by atoms with van der Waals surface area (Å²) < 4.78 is 0. The van der Waals surface area contributed by atoms with Crippen LogP contribution in [0.3, 0.4) is 0 Å². The summed E-state index contributed by atoms with van der Waals surface area (Å²) in [6.07, 6.45) is 15.4. The van der Waals surface area contributed by atoms with Crippen LogP contribution in [0.1, 0.15) is 84.0 Å². The van der Waals surface area contributed by atoms with Gasteiger partial charge < -0.3 is 11.1 Å². The van der Waals surface area contributed by atoms with E-state index >= 15 is 0 Å². The molecule has 0 spiro atoms. The lowest BCUT2D eigenvalue weighted by molar-refractivity contribution is -0.137. The average Bonchev–Trinajstić information content (AvgIpc) is 2.43. The summed E-state index contributed by atoms with van der Waals surface area (Å²) in [5.41, 5.74) is 4.83. The highest BCUT2D eigenvalue weighted by molar-refractivity contribution is 6.34. The zero-order chi connectivity index (χ0) is 15.1. The molecule has 4 heteroatoms. The fourth-order valence-electron chi connectivity index (χ4n) is 2.26. The van der Waals surface area contributed by atoms with Crippen LogP contribution >= 0.6 is 0 Å². The lowest BCUT2D eigenvalue weighted by Crippen LogP contribution is -2.36. The molecule has 0 aliphatic carbocycles. The summed E-state index contributed by atoms with van der Waals surface area (Å²) in [4.78, 5) is 21.3. The van der Waals surface area contributed by atoms with Gasteiger partial charge in [-0.25, -0.2) is 0 Å². The van der Waals surface area contributed by atoms with Gasteiger partial charge >= 0.3 is 11.8 Å². The van der Waals surface area contributed by atoms with Crippen molar-refractivity contribution in [3.05, 3.63) is 0 Å². The number of hydrogen-bond acceptors (Lipinski definition) is 2. The van der Waals surface area contributed by atoms with E-state index < -0.39 is 11.8 Å². The molecular weight excluding hydrogens is 252 g/mol. The number of hydrogen-bond donors (Lipinski definition) is 2. The quantitative estimate of drug-likeness (QED) is 0.402. The first kappa shape index (κ1) is 18.9. The Bertz CT molecular complexity index is 255. The second-order valence-electron chi connectivity index (χ2n) is 5.51. The van der Waals surface area contributed by atoms with Crippen LogP contribution in [0.4, 0.5) is 0 Å². The lowest BCUT2D eigenvalue weighted by Gasteiger charge is -2.03. The zero-order valence-corrected chi connectivity index (χ0v) is 13.1. The first-order valence-electron chi connectivity index (χ1n) is 8.26. The van der Waals surface area contributed by atoms with Crippen LogP contribution in [0.15, 0.2) is 0 Å². The summed E-state index contributed by atoms with van der Waals surface area (Å²) in [6.45, 7) is 2.80. The Morgan fingerprint density at radius 3 is 1.55 bits per heavy atom. The van der Waals surface area contributed by atoms with Crippen LogP contribution in [-0.4, -0.2) is 18.4 Å². The molecule has 0 aromatic carbocycles. The van der Waals surface area contributed by atoms with E-state index in [1.807, 2.05) is 0 Å². The zero-order valence-electron chi connectivity index (χ0n) is 13.1. The van der Waals surface area contributed by atoms with Gasteiger partial charge in [-0.15, -0.1) is 0 Å². The number of carbonyl (C=O) groups excluding carboxylic acids is 2. The third-order valence-corrected chi connectivity index (χ3v) is 3.54. The van der Waals surface area contributed by atoms with Crippen LogP contribution in [0.25, 0.3) is 0 Å². The molecule has 20 heavy (non-hydrogen) atoms. The second kappa shape index (κ2) is 14.4. The number of nitrogens with one attached hydrogen (secondary N) is 1. The van der Waals surface area contributed by atoms with Crippen molar-refractivity contribution < 1.29 is 9.59 Å². The fraction of sp³-hybridized carbons (Fsp3) is 0.875.